The van der Waals surface area contributed by atoms with Gasteiger partial charge in [-0.1, -0.05) is 23.9 Å². The van der Waals surface area contributed by atoms with Gasteiger partial charge in [0.15, 0.2) is 5.16 Å². The number of carbonyl (C=O) groups excluding carboxylic acids is 1. The van der Waals surface area contributed by atoms with Crippen LogP contribution >= 0.6 is 23.1 Å². The molecular weight excluding hydrogens is 468 g/mol. The van der Waals surface area contributed by atoms with Crippen molar-refractivity contribution in [1.29, 1.82) is 0 Å². The Balaban J connectivity index is 1.85. The Morgan fingerprint density at radius 2 is 1.97 bits per heavy atom. The van der Waals surface area contributed by atoms with Gasteiger partial charge in [-0.15, -0.1) is 11.3 Å². The van der Waals surface area contributed by atoms with Crippen LogP contribution in [0.1, 0.15) is 17.4 Å². The second-order valence-electron chi connectivity index (χ2n) is 6.55. The summed E-state index contributed by atoms with van der Waals surface area (Å²) in [6.07, 6.45) is 0. The van der Waals surface area contributed by atoms with E-state index in [9.17, 15) is 26.8 Å². The number of alkyl halides is 2. The zero-order valence-corrected chi connectivity index (χ0v) is 19.3. The molecule has 0 aliphatic carbocycles. The number of fused-ring (bicyclic) bond motifs is 1. The average molecular weight is 488 g/mol. The summed E-state index contributed by atoms with van der Waals surface area (Å²) >= 11 is 2.41. The monoisotopic (exact) mass is 487 g/mol. The van der Waals surface area contributed by atoms with Crippen molar-refractivity contribution in [3.63, 3.8) is 0 Å². The van der Waals surface area contributed by atoms with Crippen molar-refractivity contribution in [3.8, 4) is 0 Å². The van der Waals surface area contributed by atoms with Crippen LogP contribution < -0.4 is 10.9 Å². The van der Waals surface area contributed by atoms with Gasteiger partial charge in [-0.2, -0.15) is 8.78 Å². The molecule has 0 spiro atoms. The summed E-state index contributed by atoms with van der Waals surface area (Å²) in [5.74, 6) is -4.41. The van der Waals surface area contributed by atoms with E-state index in [0.29, 0.717) is 21.9 Å². The normalized spacial score (nSPS) is 11.9. The SMILES string of the molecule is CCn1c(SCC(=O)Nc2ccccc2S(=O)(=O)C(F)F)nc2sc(C)c(C)c2c1=O. The molecule has 1 amide bonds. The number of sulfone groups is 1. The third kappa shape index (κ3) is 4.51. The summed E-state index contributed by atoms with van der Waals surface area (Å²) in [5, 5.41) is 3.27. The van der Waals surface area contributed by atoms with Crippen LogP contribution in [0.5, 0.6) is 0 Å². The number of carbonyl (C=O) groups is 1. The van der Waals surface area contributed by atoms with Gasteiger partial charge in [0.05, 0.1) is 21.7 Å². The van der Waals surface area contributed by atoms with Gasteiger partial charge < -0.3 is 5.32 Å². The van der Waals surface area contributed by atoms with Crippen molar-refractivity contribution in [2.45, 2.75) is 43.1 Å². The van der Waals surface area contributed by atoms with Gasteiger partial charge >= 0.3 is 5.76 Å². The van der Waals surface area contributed by atoms with E-state index in [0.717, 1.165) is 28.3 Å². The first-order valence-corrected chi connectivity index (χ1v) is 12.5. The summed E-state index contributed by atoms with van der Waals surface area (Å²) in [5.41, 5.74) is 0.464. The minimum absolute atomic E-state index is 0.189. The molecule has 12 heteroatoms. The summed E-state index contributed by atoms with van der Waals surface area (Å²) in [7, 11) is -4.87. The lowest BCUT2D eigenvalue weighted by atomic mass is 10.2. The standard InChI is InChI=1S/C19H19F2N3O4S3/c1-4-24-17(26)15-10(2)11(3)30-16(15)23-19(24)29-9-14(25)22-12-7-5-6-8-13(12)31(27,28)18(20)21/h5-8,18H,4,9H2,1-3H3,(H,22,25). The number of nitrogens with zero attached hydrogens (tertiary/aromatic N) is 2. The molecule has 0 radical (unpaired) electrons. The molecule has 31 heavy (non-hydrogen) atoms. The van der Waals surface area contributed by atoms with Crippen LogP contribution in [0.15, 0.2) is 39.1 Å². The van der Waals surface area contributed by atoms with Crippen molar-refractivity contribution < 1.29 is 22.0 Å². The fraction of sp³-hybridized carbons (Fsp3) is 0.316. The number of anilines is 1. The highest BCUT2D eigenvalue weighted by atomic mass is 32.2. The van der Waals surface area contributed by atoms with Gasteiger partial charge in [0.1, 0.15) is 4.83 Å². The van der Waals surface area contributed by atoms with Crippen molar-refractivity contribution in [2.75, 3.05) is 11.1 Å². The van der Waals surface area contributed by atoms with E-state index in [-0.39, 0.29) is 17.0 Å². The highest BCUT2D eigenvalue weighted by Gasteiger charge is 2.29. The van der Waals surface area contributed by atoms with Gasteiger partial charge in [-0.25, -0.2) is 13.4 Å². The van der Waals surface area contributed by atoms with E-state index in [2.05, 4.69) is 10.3 Å². The van der Waals surface area contributed by atoms with E-state index in [1.165, 1.54) is 34.1 Å². The maximum absolute atomic E-state index is 12.9. The number of thioether (sulfide) groups is 1. The van der Waals surface area contributed by atoms with Gasteiger partial charge in [0.2, 0.25) is 15.7 Å². The van der Waals surface area contributed by atoms with Crippen molar-refractivity contribution >= 4 is 54.7 Å². The Kier molecular flexibility index (Phi) is 6.82. The molecule has 0 fully saturated rings. The zero-order valence-electron chi connectivity index (χ0n) is 16.8. The number of halogens is 2. The number of aromatic nitrogens is 2. The molecular formula is C19H19F2N3O4S3. The molecule has 3 aromatic rings. The maximum atomic E-state index is 12.9. The van der Waals surface area contributed by atoms with Crippen LogP contribution in [0, 0.1) is 13.8 Å². The van der Waals surface area contributed by atoms with Crippen molar-refractivity contribution in [1.82, 2.24) is 9.55 Å². The molecule has 7 nitrogen and oxygen atoms in total. The van der Waals surface area contributed by atoms with Gasteiger partial charge in [0, 0.05) is 11.4 Å². The second kappa shape index (κ2) is 9.05. The first kappa shape index (κ1) is 23.4. The van der Waals surface area contributed by atoms with E-state index in [1.807, 2.05) is 13.8 Å². The van der Waals surface area contributed by atoms with Gasteiger partial charge in [-0.05, 0) is 38.5 Å². The molecule has 1 aromatic carbocycles. The Labute approximate surface area is 185 Å². The highest BCUT2D eigenvalue weighted by Crippen LogP contribution is 2.29. The number of thiophene rings is 1. The fourth-order valence-corrected chi connectivity index (χ4v) is 5.75. The van der Waals surface area contributed by atoms with Crippen LogP contribution in [0.2, 0.25) is 0 Å². The Hall–Kier alpha value is -2.31. The molecule has 166 valence electrons. The van der Waals surface area contributed by atoms with E-state index in [4.69, 9.17) is 0 Å². The third-order valence-electron chi connectivity index (χ3n) is 4.60. The topological polar surface area (TPSA) is 98.1 Å². The van der Waals surface area contributed by atoms with Gasteiger partial charge in [-0.3, -0.25) is 14.2 Å². The maximum Gasteiger partial charge on any atom is 0.341 e. The van der Waals surface area contributed by atoms with Crippen LogP contribution in [0.3, 0.4) is 0 Å². The lowest BCUT2D eigenvalue weighted by Gasteiger charge is -2.12. The molecule has 0 unspecified atom stereocenters. The molecule has 0 atom stereocenters. The second-order valence-corrected chi connectivity index (χ2v) is 10.6. The molecule has 0 aliphatic heterocycles. The number of aryl methyl sites for hydroxylation is 2. The average Bonchev–Trinajstić information content (AvgIpc) is 3.00. The molecule has 2 aromatic heterocycles. The Morgan fingerprint density at radius 1 is 1.29 bits per heavy atom. The molecule has 1 N–H and O–H groups in total. The first-order chi connectivity index (χ1) is 14.6. The van der Waals surface area contributed by atoms with Crippen molar-refractivity contribution in [2.24, 2.45) is 0 Å². The van der Waals surface area contributed by atoms with Crippen LogP contribution in [0.4, 0.5) is 14.5 Å². The summed E-state index contributed by atoms with van der Waals surface area (Å²) in [6.45, 7) is 5.92. The summed E-state index contributed by atoms with van der Waals surface area (Å²) < 4.78 is 51.0. The molecule has 3 rings (SSSR count). The molecule has 0 aliphatic rings. The smallest absolute Gasteiger partial charge is 0.324 e. The van der Waals surface area contributed by atoms with Crippen molar-refractivity contribution in [3.05, 3.63) is 45.1 Å². The molecule has 0 bridgehead atoms. The Morgan fingerprint density at radius 3 is 2.61 bits per heavy atom. The molecule has 0 saturated heterocycles. The van der Waals surface area contributed by atoms with E-state index >= 15 is 0 Å². The minimum Gasteiger partial charge on any atom is -0.324 e. The van der Waals surface area contributed by atoms with Crippen LogP contribution in [-0.2, 0) is 21.2 Å². The lowest BCUT2D eigenvalue weighted by molar-refractivity contribution is -0.113. The lowest BCUT2D eigenvalue weighted by Crippen LogP contribution is -2.23. The molecule has 0 saturated carbocycles. The largest absolute Gasteiger partial charge is 0.341 e. The third-order valence-corrected chi connectivity index (χ3v) is 8.12. The number of benzene rings is 1. The number of amides is 1. The predicted molar refractivity (Wildman–Crippen MR) is 118 cm³/mol. The van der Waals surface area contributed by atoms with Crippen LogP contribution in [0.25, 0.3) is 10.2 Å². The van der Waals surface area contributed by atoms with Gasteiger partial charge in [0.25, 0.3) is 5.56 Å². The predicted octanol–water partition coefficient (Wildman–Crippen LogP) is 3.82. The number of para-hydroxylation sites is 1. The first-order valence-electron chi connectivity index (χ1n) is 9.12. The van der Waals surface area contributed by atoms with Crippen LogP contribution in [-0.4, -0.2) is 35.4 Å². The summed E-state index contributed by atoms with van der Waals surface area (Å²) in [6, 6.07) is 4.97. The summed E-state index contributed by atoms with van der Waals surface area (Å²) in [4.78, 5) is 30.7. The quantitative estimate of drug-likeness (QED) is 0.402. The highest BCUT2D eigenvalue weighted by molar-refractivity contribution is 7.99. The zero-order chi connectivity index (χ0) is 22.9. The number of rotatable bonds is 7. The molecule has 2 heterocycles. The number of hydrogen-bond acceptors (Lipinski definition) is 7. The fourth-order valence-electron chi connectivity index (χ4n) is 2.93. The van der Waals surface area contributed by atoms with E-state index < -0.39 is 26.4 Å². The number of nitrogens with one attached hydrogen (secondary N) is 1. The number of hydrogen-bond donors (Lipinski definition) is 1. The van der Waals surface area contributed by atoms with E-state index in [1.54, 1.807) is 6.92 Å². The Bertz CT molecular complexity index is 1320. The minimum atomic E-state index is -4.87.